The zero-order valence-electron chi connectivity index (χ0n) is 13.1. The number of methoxy groups -OCH3 is 2. The van der Waals surface area contributed by atoms with Crippen LogP contribution in [0, 0.1) is 11.3 Å². The maximum atomic E-state index is 15.0. The summed E-state index contributed by atoms with van der Waals surface area (Å²) >= 11 is 0. The SMILES string of the molecule is COC(=O)[C@H]1[C@H]2C=C(F)[C@@]3(O2)c2ccccc2C=C[C@]13C(=O)OC. The predicted octanol–water partition coefficient (Wildman–Crippen LogP) is 2.12. The van der Waals surface area contributed by atoms with E-state index in [2.05, 4.69) is 0 Å². The Labute approximate surface area is 137 Å². The van der Waals surface area contributed by atoms with Crippen molar-refractivity contribution in [1.29, 1.82) is 0 Å². The summed E-state index contributed by atoms with van der Waals surface area (Å²) in [5, 5.41) is 0. The van der Waals surface area contributed by atoms with Gasteiger partial charge in [0.25, 0.3) is 0 Å². The largest absolute Gasteiger partial charge is 0.469 e. The van der Waals surface area contributed by atoms with Gasteiger partial charge in [0.15, 0.2) is 5.60 Å². The lowest BCUT2D eigenvalue weighted by atomic mass is 9.56. The summed E-state index contributed by atoms with van der Waals surface area (Å²) in [5.41, 5.74) is -2.10. The zero-order chi connectivity index (χ0) is 17.1. The molecule has 0 radical (unpaired) electrons. The average molecular weight is 330 g/mol. The maximum Gasteiger partial charge on any atom is 0.320 e. The molecule has 1 spiro atoms. The van der Waals surface area contributed by atoms with E-state index in [1.165, 1.54) is 26.4 Å². The molecule has 1 fully saturated rings. The molecule has 5 nitrogen and oxygen atoms in total. The third-order valence-electron chi connectivity index (χ3n) is 5.21. The van der Waals surface area contributed by atoms with Crippen LogP contribution in [0.25, 0.3) is 6.08 Å². The first-order valence-corrected chi connectivity index (χ1v) is 7.53. The molecule has 3 aliphatic rings. The Kier molecular flexibility index (Phi) is 3.00. The van der Waals surface area contributed by atoms with Gasteiger partial charge in [-0.15, -0.1) is 0 Å². The van der Waals surface area contributed by atoms with E-state index in [-0.39, 0.29) is 0 Å². The van der Waals surface area contributed by atoms with Crippen molar-refractivity contribution in [3.8, 4) is 0 Å². The van der Waals surface area contributed by atoms with Crippen molar-refractivity contribution < 1.29 is 28.2 Å². The van der Waals surface area contributed by atoms with E-state index in [1.54, 1.807) is 24.3 Å². The van der Waals surface area contributed by atoms with Gasteiger partial charge in [-0.05, 0) is 17.2 Å². The minimum absolute atomic E-state index is 0.501. The Morgan fingerprint density at radius 1 is 1.21 bits per heavy atom. The lowest BCUT2D eigenvalue weighted by Gasteiger charge is -2.44. The summed E-state index contributed by atoms with van der Waals surface area (Å²) in [6.07, 6.45) is 3.58. The molecular formula is C18H15FO5. The first-order chi connectivity index (χ1) is 11.5. The van der Waals surface area contributed by atoms with Gasteiger partial charge < -0.3 is 14.2 Å². The molecule has 2 aliphatic heterocycles. The lowest BCUT2D eigenvalue weighted by molar-refractivity contribution is -0.167. The van der Waals surface area contributed by atoms with Crippen LogP contribution in [-0.2, 0) is 29.4 Å². The van der Waals surface area contributed by atoms with E-state index in [0.717, 1.165) is 5.56 Å². The number of rotatable bonds is 2. The van der Waals surface area contributed by atoms with Gasteiger partial charge in [0, 0.05) is 0 Å². The second-order valence-corrected chi connectivity index (χ2v) is 6.06. The van der Waals surface area contributed by atoms with Crippen molar-refractivity contribution in [2.75, 3.05) is 14.2 Å². The summed E-state index contributed by atoms with van der Waals surface area (Å²) < 4.78 is 30.8. The van der Waals surface area contributed by atoms with Crippen molar-refractivity contribution in [2.45, 2.75) is 11.7 Å². The summed E-state index contributed by atoms with van der Waals surface area (Å²) in [5.74, 6) is -2.97. The molecule has 0 aromatic heterocycles. The molecule has 1 aromatic rings. The molecule has 1 aliphatic carbocycles. The van der Waals surface area contributed by atoms with Crippen molar-refractivity contribution >= 4 is 18.0 Å². The molecule has 1 aromatic carbocycles. The highest BCUT2D eigenvalue weighted by atomic mass is 19.1. The molecule has 0 amide bonds. The van der Waals surface area contributed by atoms with Crippen LogP contribution in [0.1, 0.15) is 11.1 Å². The second kappa shape index (κ2) is 4.77. The van der Waals surface area contributed by atoms with Gasteiger partial charge in [-0.1, -0.05) is 36.4 Å². The van der Waals surface area contributed by atoms with E-state index < -0.39 is 40.8 Å². The van der Waals surface area contributed by atoms with Crippen LogP contribution in [0.4, 0.5) is 4.39 Å². The van der Waals surface area contributed by atoms with Crippen LogP contribution in [0.15, 0.2) is 42.2 Å². The number of hydrogen-bond acceptors (Lipinski definition) is 5. The number of carbonyl (C=O) groups excluding carboxylic acids is 2. The molecule has 0 saturated carbocycles. The summed E-state index contributed by atoms with van der Waals surface area (Å²) in [6, 6.07) is 7.05. The molecule has 4 rings (SSSR count). The number of benzene rings is 1. The number of ether oxygens (including phenoxy) is 3. The van der Waals surface area contributed by atoms with E-state index in [1.807, 2.05) is 6.07 Å². The van der Waals surface area contributed by atoms with Crippen molar-refractivity contribution in [1.82, 2.24) is 0 Å². The first kappa shape index (κ1) is 15.1. The Hall–Kier alpha value is -2.47. The number of fused-ring (bicyclic) bond motifs is 2. The molecule has 124 valence electrons. The summed E-state index contributed by atoms with van der Waals surface area (Å²) in [4.78, 5) is 25.2. The minimum atomic E-state index is -1.70. The molecule has 2 heterocycles. The highest BCUT2D eigenvalue weighted by molar-refractivity contribution is 5.94. The summed E-state index contributed by atoms with van der Waals surface area (Å²) in [7, 11) is 2.44. The van der Waals surface area contributed by atoms with Crippen molar-refractivity contribution in [3.63, 3.8) is 0 Å². The topological polar surface area (TPSA) is 61.8 Å². The standard InChI is InChI=1S/C18H15FO5/c1-22-15(20)14-12-9-13(19)18(24-12)11-6-4-3-5-10(11)7-8-17(14,18)16(21)23-2/h3-9,12,14H,1-2H3/t12-,14-,17-,18+/m1/s1. The minimum Gasteiger partial charge on any atom is -0.469 e. The normalized spacial score (nSPS) is 35.0. The summed E-state index contributed by atoms with van der Waals surface area (Å²) in [6.45, 7) is 0. The van der Waals surface area contributed by atoms with Crippen molar-refractivity contribution in [3.05, 3.63) is 53.4 Å². The Balaban J connectivity index is 2.06. The van der Waals surface area contributed by atoms with Gasteiger partial charge in [-0.25, -0.2) is 4.39 Å². The highest BCUT2D eigenvalue weighted by Gasteiger charge is 2.77. The van der Waals surface area contributed by atoms with Gasteiger partial charge in [0.05, 0.1) is 20.3 Å². The van der Waals surface area contributed by atoms with Crippen LogP contribution in [-0.4, -0.2) is 32.3 Å². The monoisotopic (exact) mass is 330 g/mol. The third kappa shape index (κ3) is 1.43. The molecule has 1 saturated heterocycles. The number of halogens is 1. The molecule has 0 N–H and O–H groups in total. The quantitative estimate of drug-likeness (QED) is 0.778. The van der Waals surface area contributed by atoms with Gasteiger partial charge >= 0.3 is 11.9 Å². The van der Waals surface area contributed by atoms with Gasteiger partial charge in [0.2, 0.25) is 0 Å². The van der Waals surface area contributed by atoms with Crippen LogP contribution < -0.4 is 0 Å². The van der Waals surface area contributed by atoms with Crippen LogP contribution in [0.3, 0.4) is 0 Å². The Morgan fingerprint density at radius 2 is 1.96 bits per heavy atom. The molecule has 6 heteroatoms. The van der Waals surface area contributed by atoms with Gasteiger partial charge in [0.1, 0.15) is 17.2 Å². The van der Waals surface area contributed by atoms with Gasteiger partial charge in [-0.3, -0.25) is 9.59 Å². The average Bonchev–Trinajstić information content (AvgIpc) is 3.10. The molecule has 24 heavy (non-hydrogen) atoms. The predicted molar refractivity (Wildman–Crippen MR) is 81.2 cm³/mol. The molecule has 2 bridgehead atoms. The van der Waals surface area contributed by atoms with E-state index >= 15 is 4.39 Å². The van der Waals surface area contributed by atoms with Crippen LogP contribution >= 0.6 is 0 Å². The Bertz CT molecular complexity index is 813. The van der Waals surface area contributed by atoms with Gasteiger partial charge in [-0.2, -0.15) is 0 Å². The molecule has 0 unspecified atom stereocenters. The van der Waals surface area contributed by atoms with E-state index in [0.29, 0.717) is 5.56 Å². The fourth-order valence-electron chi connectivity index (χ4n) is 4.27. The smallest absolute Gasteiger partial charge is 0.320 e. The number of carbonyl (C=O) groups is 2. The molecular weight excluding hydrogens is 315 g/mol. The second-order valence-electron chi connectivity index (χ2n) is 6.06. The lowest BCUT2D eigenvalue weighted by Crippen LogP contribution is -2.55. The fraction of sp³-hybridized carbons (Fsp3) is 0.333. The fourth-order valence-corrected chi connectivity index (χ4v) is 4.27. The molecule has 4 atom stereocenters. The van der Waals surface area contributed by atoms with Crippen molar-refractivity contribution in [2.24, 2.45) is 11.3 Å². The van der Waals surface area contributed by atoms with E-state index in [9.17, 15) is 9.59 Å². The highest BCUT2D eigenvalue weighted by Crippen LogP contribution is 2.67. The van der Waals surface area contributed by atoms with Crippen LogP contribution in [0.2, 0.25) is 0 Å². The van der Waals surface area contributed by atoms with Crippen LogP contribution in [0.5, 0.6) is 0 Å². The van der Waals surface area contributed by atoms with E-state index in [4.69, 9.17) is 14.2 Å². The third-order valence-corrected chi connectivity index (χ3v) is 5.21. The maximum absolute atomic E-state index is 15.0. The zero-order valence-corrected chi connectivity index (χ0v) is 13.1. The number of hydrogen-bond donors (Lipinski definition) is 0. The Morgan fingerprint density at radius 3 is 2.67 bits per heavy atom. The number of esters is 2. The first-order valence-electron chi connectivity index (χ1n) is 7.53.